The zero-order valence-electron chi connectivity index (χ0n) is 21.5. The average molecular weight is 514 g/mol. The highest BCUT2D eigenvalue weighted by Crippen LogP contribution is 2.46. The van der Waals surface area contributed by atoms with Gasteiger partial charge in [0.2, 0.25) is 0 Å². The lowest BCUT2D eigenvalue weighted by molar-refractivity contribution is -0.0601. The van der Waals surface area contributed by atoms with Crippen LogP contribution >= 0.6 is 0 Å². The normalized spacial score (nSPS) is 19.9. The Labute approximate surface area is 214 Å². The summed E-state index contributed by atoms with van der Waals surface area (Å²) < 4.78 is 43.6. The zero-order chi connectivity index (χ0) is 26.0. The van der Waals surface area contributed by atoms with Gasteiger partial charge in [-0.15, -0.1) is 0 Å². The molecular formula is C26H35BN2O6S. The lowest BCUT2D eigenvalue weighted by atomic mass is 9.75. The molecule has 1 N–H and O–H groups in total. The van der Waals surface area contributed by atoms with Gasteiger partial charge in [0.15, 0.2) is 9.84 Å². The molecule has 2 aliphatic heterocycles. The first-order valence-corrected chi connectivity index (χ1v) is 14.4. The number of hydrogen-bond donors (Lipinski definition) is 1. The van der Waals surface area contributed by atoms with Crippen LogP contribution in [0.1, 0.15) is 75.0 Å². The number of nitrogens with zero attached hydrogens (tertiary/aromatic N) is 1. The van der Waals surface area contributed by atoms with Gasteiger partial charge in [0.25, 0.3) is 5.91 Å². The minimum atomic E-state index is -3.49. The first-order chi connectivity index (χ1) is 17.2. The number of nitrogens with one attached hydrogen (secondary N) is 1. The third-order valence-corrected chi connectivity index (χ3v) is 9.50. The van der Waals surface area contributed by atoms with Gasteiger partial charge in [-0.3, -0.25) is 9.78 Å². The van der Waals surface area contributed by atoms with E-state index in [1.54, 1.807) is 18.3 Å². The molecule has 36 heavy (non-hydrogen) atoms. The van der Waals surface area contributed by atoms with Crippen LogP contribution in [0.2, 0.25) is 0 Å². The van der Waals surface area contributed by atoms with E-state index in [1.807, 2.05) is 12.1 Å². The van der Waals surface area contributed by atoms with E-state index < -0.39 is 17.0 Å². The third-order valence-electron chi connectivity index (χ3n) is 7.74. The largest absolute Gasteiger partial charge is 0.494 e. The number of rotatable bonds is 8. The quantitative estimate of drug-likeness (QED) is 0.540. The van der Waals surface area contributed by atoms with E-state index in [9.17, 15) is 13.2 Å². The summed E-state index contributed by atoms with van der Waals surface area (Å²) in [5, 5.41) is 2.85. The number of hydrogen-bond acceptors (Lipinski definition) is 7. The monoisotopic (exact) mass is 514 g/mol. The van der Waals surface area contributed by atoms with Gasteiger partial charge in [-0.25, -0.2) is 8.42 Å². The minimum absolute atomic E-state index is 0.0954. The van der Waals surface area contributed by atoms with Gasteiger partial charge in [-0.2, -0.15) is 0 Å². The van der Waals surface area contributed by atoms with Crippen LogP contribution < -0.4 is 10.8 Å². The zero-order valence-corrected chi connectivity index (χ0v) is 22.3. The molecule has 0 bridgehead atoms. The van der Waals surface area contributed by atoms with Crippen molar-refractivity contribution in [1.82, 2.24) is 10.3 Å². The van der Waals surface area contributed by atoms with Crippen molar-refractivity contribution in [3.8, 4) is 0 Å². The summed E-state index contributed by atoms with van der Waals surface area (Å²) in [6.45, 7) is 9.11. The smallest absolute Gasteiger partial charge is 0.399 e. The Bertz CT molecular complexity index is 1190. The summed E-state index contributed by atoms with van der Waals surface area (Å²) in [4.78, 5) is 17.4. The number of aromatic nitrogens is 1. The number of fused-ring (bicyclic) bond motifs is 1. The fourth-order valence-electron chi connectivity index (χ4n) is 5.48. The second kappa shape index (κ2) is 10.6. The molecule has 1 fully saturated rings. The minimum Gasteiger partial charge on any atom is -0.399 e. The second-order valence-electron chi connectivity index (χ2n) is 9.43. The van der Waals surface area contributed by atoms with Gasteiger partial charge in [-0.05, 0) is 61.0 Å². The van der Waals surface area contributed by atoms with E-state index in [0.717, 1.165) is 31.1 Å². The fraction of sp³-hybridized carbons (Fsp3) is 0.538. The van der Waals surface area contributed by atoms with Gasteiger partial charge in [-0.1, -0.05) is 33.8 Å². The van der Waals surface area contributed by atoms with Crippen molar-refractivity contribution in [2.24, 2.45) is 0 Å². The van der Waals surface area contributed by atoms with Crippen molar-refractivity contribution in [2.75, 3.05) is 12.4 Å². The predicted octanol–water partition coefficient (Wildman–Crippen LogP) is 3.18. The summed E-state index contributed by atoms with van der Waals surface area (Å²) in [6.07, 6.45) is 5.13. The Morgan fingerprint density at radius 1 is 1.03 bits per heavy atom. The number of ether oxygens (including phenoxy) is 1. The first-order valence-electron chi connectivity index (χ1n) is 12.7. The maximum absolute atomic E-state index is 12.9. The highest BCUT2D eigenvalue weighted by molar-refractivity contribution is 7.91. The van der Waals surface area contributed by atoms with Crippen molar-refractivity contribution in [3.63, 3.8) is 0 Å². The molecule has 0 atom stereocenters. The highest BCUT2D eigenvalue weighted by Gasteiger charge is 2.58. The molecule has 2 aromatic rings. The Kier molecular flexibility index (Phi) is 7.90. The van der Waals surface area contributed by atoms with Crippen molar-refractivity contribution < 1.29 is 27.3 Å². The number of sulfone groups is 1. The predicted molar refractivity (Wildman–Crippen MR) is 138 cm³/mol. The van der Waals surface area contributed by atoms with E-state index >= 15 is 0 Å². The molecule has 2 aliphatic rings. The van der Waals surface area contributed by atoms with E-state index in [2.05, 4.69) is 38.0 Å². The molecule has 0 aliphatic carbocycles. The Morgan fingerprint density at radius 3 is 2.33 bits per heavy atom. The third kappa shape index (κ3) is 4.84. The van der Waals surface area contributed by atoms with Gasteiger partial charge in [0, 0.05) is 11.8 Å². The van der Waals surface area contributed by atoms with Crippen LogP contribution in [0.15, 0.2) is 41.4 Å². The molecule has 1 amide bonds. The molecule has 10 heteroatoms. The molecule has 0 unspecified atom stereocenters. The van der Waals surface area contributed by atoms with Crippen LogP contribution in [-0.4, -0.2) is 50.0 Å². The Hall–Kier alpha value is -2.27. The lowest BCUT2D eigenvalue weighted by Crippen LogP contribution is -2.50. The van der Waals surface area contributed by atoms with Crippen LogP contribution in [0, 0.1) is 0 Å². The molecule has 1 saturated heterocycles. The SMILES string of the molecule is CCC1(CC)OB(c2ccnc(CNC(=O)c3ccc4c(c3)S(=O)(=O)CCOC4)c2)OC1(CC)CC. The number of carbonyl (C=O) groups excluding carboxylic acids is 1. The molecular weight excluding hydrogens is 479 g/mol. The maximum atomic E-state index is 12.9. The van der Waals surface area contributed by atoms with Crippen molar-refractivity contribution in [3.05, 3.63) is 53.3 Å². The van der Waals surface area contributed by atoms with Gasteiger partial charge in [0.1, 0.15) is 0 Å². The molecule has 0 saturated carbocycles. The number of amides is 1. The van der Waals surface area contributed by atoms with Crippen molar-refractivity contribution in [1.29, 1.82) is 0 Å². The molecule has 8 nitrogen and oxygen atoms in total. The summed E-state index contributed by atoms with van der Waals surface area (Å²) in [5.74, 6) is -0.465. The van der Waals surface area contributed by atoms with Crippen LogP contribution in [0.5, 0.6) is 0 Å². The Balaban J connectivity index is 1.49. The van der Waals surface area contributed by atoms with E-state index in [1.165, 1.54) is 6.07 Å². The van der Waals surface area contributed by atoms with Crippen molar-refractivity contribution in [2.45, 2.75) is 82.6 Å². The number of pyridine rings is 1. The number of benzene rings is 1. The fourth-order valence-corrected chi connectivity index (χ4v) is 6.88. The molecule has 4 rings (SSSR count). The Morgan fingerprint density at radius 2 is 1.69 bits per heavy atom. The van der Waals surface area contributed by atoms with Crippen molar-refractivity contribution >= 4 is 28.3 Å². The van der Waals surface area contributed by atoms with Gasteiger partial charge in [0.05, 0.1) is 47.3 Å². The van der Waals surface area contributed by atoms with Gasteiger partial charge >= 0.3 is 7.12 Å². The maximum Gasteiger partial charge on any atom is 0.494 e. The first kappa shape index (κ1) is 26.8. The molecule has 194 valence electrons. The highest BCUT2D eigenvalue weighted by atomic mass is 32.2. The molecule has 0 spiro atoms. The van der Waals surface area contributed by atoms with Crippen LogP contribution in [0.25, 0.3) is 0 Å². The van der Waals surface area contributed by atoms with Crippen LogP contribution in [0.3, 0.4) is 0 Å². The molecule has 3 heterocycles. The number of carbonyl (C=O) groups is 1. The summed E-state index contributed by atoms with van der Waals surface area (Å²) in [5.41, 5.74) is 1.67. The second-order valence-corrected chi connectivity index (χ2v) is 11.5. The summed E-state index contributed by atoms with van der Waals surface area (Å²) in [7, 11) is -3.99. The standard InChI is InChI=1S/C26H35BN2O6S/c1-5-25(6-2)26(7-3,8-4)35-27(34-25)21-11-12-28-22(16-21)17-29-24(30)19-9-10-20-18-33-13-14-36(31,32)23(20)15-19/h9-12,15-16H,5-8,13-14,17-18H2,1-4H3,(H,29,30). The van der Waals surface area contributed by atoms with E-state index in [-0.39, 0.29) is 53.1 Å². The lowest BCUT2D eigenvalue weighted by Gasteiger charge is -2.42. The van der Waals surface area contributed by atoms with Gasteiger partial charge < -0.3 is 19.4 Å². The molecule has 1 aromatic carbocycles. The average Bonchev–Trinajstić information content (AvgIpc) is 3.17. The summed E-state index contributed by atoms with van der Waals surface area (Å²) >= 11 is 0. The van der Waals surface area contributed by atoms with Crippen LogP contribution in [0.4, 0.5) is 0 Å². The molecule has 1 aromatic heterocycles. The topological polar surface area (TPSA) is 104 Å². The van der Waals surface area contributed by atoms with Crippen LogP contribution in [-0.2, 0) is 37.0 Å². The summed E-state index contributed by atoms with van der Waals surface area (Å²) in [6, 6.07) is 8.46. The van der Waals surface area contributed by atoms with E-state index in [0.29, 0.717) is 11.3 Å². The van der Waals surface area contributed by atoms with E-state index in [4.69, 9.17) is 14.0 Å². The molecule has 0 radical (unpaired) electrons.